The molecule has 4 nitrogen and oxygen atoms in total. The molecule has 2 aromatic rings. The van der Waals surface area contributed by atoms with Crippen molar-refractivity contribution in [2.45, 2.75) is 39.7 Å². The molecule has 0 bridgehead atoms. The molecule has 4 heteroatoms. The van der Waals surface area contributed by atoms with E-state index in [1.54, 1.807) is 0 Å². The van der Waals surface area contributed by atoms with E-state index in [2.05, 4.69) is 72.3 Å². The summed E-state index contributed by atoms with van der Waals surface area (Å²) >= 11 is 0. The Hall–Kier alpha value is -2.33. The van der Waals surface area contributed by atoms with E-state index >= 15 is 0 Å². The van der Waals surface area contributed by atoms with Crippen LogP contribution in [0.2, 0.25) is 0 Å². The molecule has 1 heterocycles. The molecule has 0 aromatic heterocycles. The van der Waals surface area contributed by atoms with Crippen LogP contribution in [0, 0.1) is 6.92 Å². The minimum atomic E-state index is 0.0638. The predicted molar refractivity (Wildman–Crippen MR) is 113 cm³/mol. The molecule has 2 aromatic carbocycles. The van der Waals surface area contributed by atoms with E-state index in [1.807, 2.05) is 12.1 Å². The molecule has 1 saturated heterocycles. The molecule has 3 rings (SSSR count). The molecule has 1 aliphatic heterocycles. The second-order valence-corrected chi connectivity index (χ2v) is 7.70. The minimum absolute atomic E-state index is 0.0638. The van der Waals surface area contributed by atoms with Gasteiger partial charge in [0.25, 0.3) is 0 Å². The Labute approximate surface area is 163 Å². The number of piperazine rings is 1. The van der Waals surface area contributed by atoms with Gasteiger partial charge in [0.15, 0.2) is 0 Å². The first kappa shape index (κ1) is 19.4. The van der Waals surface area contributed by atoms with Crippen LogP contribution >= 0.6 is 0 Å². The Morgan fingerprint density at radius 2 is 1.59 bits per heavy atom. The molecule has 144 valence electrons. The molecule has 0 atom stereocenters. The lowest BCUT2D eigenvalue weighted by Crippen LogP contribution is -2.48. The normalized spacial score (nSPS) is 15.2. The summed E-state index contributed by atoms with van der Waals surface area (Å²) in [5.74, 6) is 0.0638. The van der Waals surface area contributed by atoms with Crippen LogP contribution < -0.4 is 10.2 Å². The van der Waals surface area contributed by atoms with Gasteiger partial charge in [0.1, 0.15) is 0 Å². The van der Waals surface area contributed by atoms with Gasteiger partial charge >= 0.3 is 0 Å². The standard InChI is InChI=1S/C23H31N3O/c1-18(2)25-14-16-26(17-15-25)22-11-9-21(10-12-22)24-23(27)13-8-20-6-4-19(3)5-7-20/h4-7,9-12,18H,8,13-17H2,1-3H3,(H,24,27). The number of benzene rings is 2. The van der Waals surface area contributed by atoms with Crippen LogP contribution in [0.4, 0.5) is 11.4 Å². The monoisotopic (exact) mass is 365 g/mol. The van der Waals surface area contributed by atoms with E-state index in [9.17, 15) is 4.79 Å². The Morgan fingerprint density at radius 3 is 2.19 bits per heavy atom. The van der Waals surface area contributed by atoms with Crippen molar-refractivity contribution < 1.29 is 4.79 Å². The van der Waals surface area contributed by atoms with Gasteiger partial charge in [-0.3, -0.25) is 9.69 Å². The quantitative estimate of drug-likeness (QED) is 0.837. The lowest BCUT2D eigenvalue weighted by atomic mass is 10.1. The Kier molecular flexibility index (Phi) is 6.51. The molecule has 27 heavy (non-hydrogen) atoms. The number of hydrogen-bond donors (Lipinski definition) is 1. The number of hydrogen-bond acceptors (Lipinski definition) is 3. The molecule has 1 fully saturated rings. The van der Waals surface area contributed by atoms with Crippen LogP contribution in [0.3, 0.4) is 0 Å². The van der Waals surface area contributed by atoms with Gasteiger partial charge in [-0.15, -0.1) is 0 Å². The number of anilines is 2. The second kappa shape index (κ2) is 9.05. The van der Waals surface area contributed by atoms with Gasteiger partial charge in [-0.25, -0.2) is 0 Å². The van der Waals surface area contributed by atoms with Gasteiger partial charge < -0.3 is 10.2 Å². The largest absolute Gasteiger partial charge is 0.369 e. The van der Waals surface area contributed by atoms with E-state index in [4.69, 9.17) is 0 Å². The molecular weight excluding hydrogens is 334 g/mol. The highest BCUT2D eigenvalue weighted by Crippen LogP contribution is 2.20. The van der Waals surface area contributed by atoms with Crippen LogP contribution in [0.1, 0.15) is 31.4 Å². The van der Waals surface area contributed by atoms with Crippen LogP contribution in [0.5, 0.6) is 0 Å². The van der Waals surface area contributed by atoms with Gasteiger partial charge in [-0.1, -0.05) is 29.8 Å². The van der Waals surface area contributed by atoms with Gasteiger partial charge in [0.2, 0.25) is 5.91 Å². The summed E-state index contributed by atoms with van der Waals surface area (Å²) in [4.78, 5) is 17.1. The smallest absolute Gasteiger partial charge is 0.224 e. The molecule has 0 radical (unpaired) electrons. The van der Waals surface area contributed by atoms with Crippen molar-refractivity contribution in [2.24, 2.45) is 0 Å². The molecule has 1 N–H and O–H groups in total. The maximum atomic E-state index is 12.2. The van der Waals surface area contributed by atoms with E-state index < -0.39 is 0 Å². The topological polar surface area (TPSA) is 35.6 Å². The van der Waals surface area contributed by atoms with E-state index in [0.717, 1.165) is 38.3 Å². The van der Waals surface area contributed by atoms with Gasteiger partial charge in [-0.2, -0.15) is 0 Å². The molecule has 0 unspecified atom stereocenters. The van der Waals surface area contributed by atoms with Crippen LogP contribution in [0.25, 0.3) is 0 Å². The lowest BCUT2D eigenvalue weighted by molar-refractivity contribution is -0.116. The summed E-state index contributed by atoms with van der Waals surface area (Å²) in [6.07, 6.45) is 1.27. The third-order valence-electron chi connectivity index (χ3n) is 5.32. The molecule has 1 amide bonds. The van der Waals surface area contributed by atoms with Crippen molar-refractivity contribution in [3.05, 3.63) is 59.7 Å². The number of nitrogens with one attached hydrogen (secondary N) is 1. The van der Waals surface area contributed by atoms with Crippen molar-refractivity contribution in [1.29, 1.82) is 0 Å². The van der Waals surface area contributed by atoms with Gasteiger partial charge in [0.05, 0.1) is 0 Å². The average Bonchev–Trinajstić information content (AvgIpc) is 2.68. The maximum absolute atomic E-state index is 12.2. The fourth-order valence-corrected chi connectivity index (χ4v) is 3.49. The first-order valence-corrected chi connectivity index (χ1v) is 9.96. The van der Waals surface area contributed by atoms with Crippen molar-refractivity contribution in [1.82, 2.24) is 4.90 Å². The van der Waals surface area contributed by atoms with Crippen molar-refractivity contribution in [3.8, 4) is 0 Å². The number of carbonyl (C=O) groups excluding carboxylic acids is 1. The van der Waals surface area contributed by atoms with Crippen LogP contribution in [-0.4, -0.2) is 43.0 Å². The number of aryl methyl sites for hydroxylation is 2. The first-order valence-electron chi connectivity index (χ1n) is 9.96. The summed E-state index contributed by atoms with van der Waals surface area (Å²) in [5.41, 5.74) is 4.55. The number of nitrogens with zero attached hydrogens (tertiary/aromatic N) is 2. The van der Waals surface area contributed by atoms with Crippen LogP contribution in [0.15, 0.2) is 48.5 Å². The molecular formula is C23H31N3O. The summed E-state index contributed by atoms with van der Waals surface area (Å²) in [6, 6.07) is 17.2. The zero-order valence-electron chi connectivity index (χ0n) is 16.7. The second-order valence-electron chi connectivity index (χ2n) is 7.70. The highest BCUT2D eigenvalue weighted by Gasteiger charge is 2.18. The highest BCUT2D eigenvalue weighted by molar-refractivity contribution is 5.91. The summed E-state index contributed by atoms with van der Waals surface area (Å²) < 4.78 is 0. The number of rotatable bonds is 6. The SMILES string of the molecule is Cc1ccc(CCC(=O)Nc2ccc(N3CCN(C(C)C)CC3)cc2)cc1. The Bertz CT molecular complexity index is 729. The molecule has 0 spiro atoms. The Balaban J connectivity index is 1.47. The fraction of sp³-hybridized carbons (Fsp3) is 0.435. The van der Waals surface area contributed by atoms with E-state index in [1.165, 1.54) is 16.8 Å². The summed E-state index contributed by atoms with van der Waals surface area (Å²) in [7, 11) is 0. The summed E-state index contributed by atoms with van der Waals surface area (Å²) in [6.45, 7) is 10.9. The first-order chi connectivity index (χ1) is 13.0. The lowest BCUT2D eigenvalue weighted by Gasteiger charge is -2.38. The third kappa shape index (κ3) is 5.57. The minimum Gasteiger partial charge on any atom is -0.369 e. The van der Waals surface area contributed by atoms with E-state index in [-0.39, 0.29) is 5.91 Å². The molecule has 0 aliphatic carbocycles. The Morgan fingerprint density at radius 1 is 0.963 bits per heavy atom. The highest BCUT2D eigenvalue weighted by atomic mass is 16.1. The maximum Gasteiger partial charge on any atom is 0.224 e. The average molecular weight is 366 g/mol. The zero-order valence-corrected chi connectivity index (χ0v) is 16.7. The third-order valence-corrected chi connectivity index (χ3v) is 5.32. The van der Waals surface area contributed by atoms with Crippen molar-refractivity contribution in [2.75, 3.05) is 36.4 Å². The van der Waals surface area contributed by atoms with E-state index in [0.29, 0.717) is 12.5 Å². The summed E-state index contributed by atoms with van der Waals surface area (Å²) in [5, 5.41) is 3.01. The fourth-order valence-electron chi connectivity index (χ4n) is 3.49. The zero-order chi connectivity index (χ0) is 19.2. The van der Waals surface area contributed by atoms with Gasteiger partial charge in [-0.05, 0) is 57.0 Å². The number of carbonyl (C=O) groups is 1. The van der Waals surface area contributed by atoms with Gasteiger partial charge in [0, 0.05) is 50.0 Å². The van der Waals surface area contributed by atoms with Crippen LogP contribution in [-0.2, 0) is 11.2 Å². The number of amides is 1. The van der Waals surface area contributed by atoms with Crippen molar-refractivity contribution in [3.63, 3.8) is 0 Å². The predicted octanol–water partition coefficient (Wildman–Crippen LogP) is 4.10. The van der Waals surface area contributed by atoms with Crippen molar-refractivity contribution >= 4 is 17.3 Å². The molecule has 1 aliphatic rings. The molecule has 0 saturated carbocycles.